The number of hydrogen-bond donors (Lipinski definition) is 1. The largest absolute Gasteiger partial charge is 0.506 e. The van der Waals surface area contributed by atoms with Crippen molar-refractivity contribution in [2.24, 2.45) is 0 Å². The van der Waals surface area contributed by atoms with Gasteiger partial charge in [0.1, 0.15) is 12.0 Å². The molecule has 0 heterocycles. The fourth-order valence-electron chi connectivity index (χ4n) is 1.39. The van der Waals surface area contributed by atoms with Crippen molar-refractivity contribution in [2.75, 3.05) is 19.0 Å². The highest BCUT2D eigenvalue weighted by atomic mass is 16.3. The first-order valence-electron chi connectivity index (χ1n) is 4.03. The minimum absolute atomic E-state index is 0.202. The second-order valence-corrected chi connectivity index (χ2v) is 3.16. The van der Waals surface area contributed by atoms with Crippen LogP contribution in [0.4, 0.5) is 5.69 Å². The molecule has 0 aliphatic heterocycles. The summed E-state index contributed by atoms with van der Waals surface area (Å²) >= 11 is 0. The molecule has 3 heteroatoms. The zero-order chi connectivity index (χ0) is 10.0. The normalized spacial score (nSPS) is 9.77. The lowest BCUT2D eigenvalue weighted by molar-refractivity contribution is 0.112. The summed E-state index contributed by atoms with van der Waals surface area (Å²) in [7, 11) is 3.66. The van der Waals surface area contributed by atoms with E-state index in [4.69, 9.17) is 0 Å². The highest BCUT2D eigenvalue weighted by molar-refractivity contribution is 5.82. The fourth-order valence-corrected chi connectivity index (χ4v) is 1.39. The molecule has 0 atom stereocenters. The van der Waals surface area contributed by atoms with Crippen LogP contribution in [-0.2, 0) is 0 Å². The number of benzene rings is 1. The van der Waals surface area contributed by atoms with Gasteiger partial charge in [-0.25, -0.2) is 0 Å². The van der Waals surface area contributed by atoms with Crippen molar-refractivity contribution in [3.63, 3.8) is 0 Å². The maximum Gasteiger partial charge on any atom is 0.150 e. The van der Waals surface area contributed by atoms with Gasteiger partial charge in [0, 0.05) is 19.7 Å². The zero-order valence-electron chi connectivity index (χ0n) is 8.03. The van der Waals surface area contributed by atoms with Gasteiger partial charge in [0.05, 0.1) is 5.69 Å². The van der Waals surface area contributed by atoms with Gasteiger partial charge in [-0.05, 0) is 24.6 Å². The molecule has 3 nitrogen and oxygen atoms in total. The molecule has 0 unspecified atom stereocenters. The Bertz CT molecular complexity index is 332. The van der Waals surface area contributed by atoms with Crippen LogP contribution >= 0.6 is 0 Å². The number of phenols is 1. The first kappa shape index (κ1) is 9.58. The van der Waals surface area contributed by atoms with Gasteiger partial charge in [0.2, 0.25) is 0 Å². The van der Waals surface area contributed by atoms with E-state index in [1.54, 1.807) is 11.0 Å². The molecule has 13 heavy (non-hydrogen) atoms. The molecule has 0 saturated heterocycles. The summed E-state index contributed by atoms with van der Waals surface area (Å²) < 4.78 is 0. The van der Waals surface area contributed by atoms with Crippen LogP contribution in [0.5, 0.6) is 5.75 Å². The first-order chi connectivity index (χ1) is 6.07. The maximum absolute atomic E-state index is 10.6. The summed E-state index contributed by atoms with van der Waals surface area (Å²) in [6, 6.07) is 3.15. The topological polar surface area (TPSA) is 40.5 Å². The number of anilines is 1. The van der Waals surface area contributed by atoms with Gasteiger partial charge in [-0.15, -0.1) is 0 Å². The van der Waals surface area contributed by atoms with Crippen LogP contribution in [0.15, 0.2) is 12.1 Å². The van der Waals surface area contributed by atoms with Crippen molar-refractivity contribution in [1.82, 2.24) is 0 Å². The molecule has 1 aromatic carbocycles. The summed E-state index contributed by atoms with van der Waals surface area (Å²) in [5.41, 5.74) is 2.12. The van der Waals surface area contributed by atoms with Crippen molar-refractivity contribution in [1.29, 1.82) is 0 Å². The van der Waals surface area contributed by atoms with E-state index in [1.165, 1.54) is 6.07 Å². The predicted octanol–water partition coefficient (Wildman–Crippen LogP) is 1.58. The molecule has 0 radical (unpaired) electrons. The Morgan fingerprint density at radius 3 is 2.46 bits per heavy atom. The summed E-state index contributed by atoms with van der Waals surface area (Å²) in [6.07, 6.45) is 0.793. The van der Waals surface area contributed by atoms with Gasteiger partial charge in [0.25, 0.3) is 0 Å². The van der Waals surface area contributed by atoms with Crippen molar-refractivity contribution in [3.8, 4) is 5.75 Å². The number of aldehydes is 1. The van der Waals surface area contributed by atoms with Crippen LogP contribution in [-0.4, -0.2) is 25.5 Å². The van der Waals surface area contributed by atoms with E-state index in [2.05, 4.69) is 0 Å². The number of nitrogens with zero attached hydrogens (tertiary/aromatic N) is 1. The van der Waals surface area contributed by atoms with E-state index < -0.39 is 0 Å². The van der Waals surface area contributed by atoms with Crippen LogP contribution in [0.25, 0.3) is 0 Å². The van der Waals surface area contributed by atoms with Crippen molar-refractivity contribution in [3.05, 3.63) is 23.3 Å². The van der Waals surface area contributed by atoms with Crippen LogP contribution in [0.3, 0.4) is 0 Å². The summed E-state index contributed by atoms with van der Waals surface area (Å²) in [5.74, 6) is 0.202. The Morgan fingerprint density at radius 1 is 1.38 bits per heavy atom. The Hall–Kier alpha value is -1.51. The Balaban J connectivity index is 3.38. The SMILES string of the molecule is Cc1c(C=O)ccc(O)c1N(C)C. The highest BCUT2D eigenvalue weighted by Crippen LogP contribution is 2.30. The molecule has 1 rings (SSSR count). The molecule has 0 aliphatic carbocycles. The molecule has 1 aromatic rings. The van der Waals surface area contributed by atoms with Crippen molar-refractivity contribution in [2.45, 2.75) is 6.92 Å². The number of aromatic hydroxyl groups is 1. The molecule has 1 N–H and O–H groups in total. The molecule has 0 bridgehead atoms. The monoisotopic (exact) mass is 179 g/mol. The van der Waals surface area contributed by atoms with Crippen LogP contribution in [0.1, 0.15) is 15.9 Å². The van der Waals surface area contributed by atoms with Crippen LogP contribution < -0.4 is 4.90 Å². The van der Waals surface area contributed by atoms with Crippen molar-refractivity contribution < 1.29 is 9.90 Å². The van der Waals surface area contributed by atoms with E-state index in [9.17, 15) is 9.90 Å². The summed E-state index contributed by atoms with van der Waals surface area (Å²) in [6.45, 7) is 1.82. The van der Waals surface area contributed by atoms with E-state index in [-0.39, 0.29) is 5.75 Å². The zero-order valence-corrected chi connectivity index (χ0v) is 8.03. The molecule has 0 aromatic heterocycles. The molecule has 0 fully saturated rings. The van der Waals surface area contributed by atoms with Gasteiger partial charge >= 0.3 is 0 Å². The lowest BCUT2D eigenvalue weighted by Gasteiger charge is -2.17. The number of carbonyl (C=O) groups excluding carboxylic acids is 1. The fraction of sp³-hybridized carbons (Fsp3) is 0.300. The van der Waals surface area contributed by atoms with Gasteiger partial charge in [-0.2, -0.15) is 0 Å². The minimum atomic E-state index is 0.202. The predicted molar refractivity (Wildman–Crippen MR) is 52.6 cm³/mol. The highest BCUT2D eigenvalue weighted by Gasteiger charge is 2.09. The quantitative estimate of drug-likeness (QED) is 0.701. The number of carbonyl (C=O) groups is 1. The lowest BCUT2D eigenvalue weighted by atomic mass is 10.1. The number of phenolic OH excluding ortho intramolecular Hbond substituents is 1. The van der Waals surface area contributed by atoms with Gasteiger partial charge in [0.15, 0.2) is 0 Å². The molecule has 0 aliphatic rings. The second kappa shape index (κ2) is 3.47. The minimum Gasteiger partial charge on any atom is -0.506 e. The Labute approximate surface area is 77.6 Å². The average Bonchev–Trinajstić information content (AvgIpc) is 2.04. The van der Waals surface area contributed by atoms with Crippen LogP contribution in [0, 0.1) is 6.92 Å². The van der Waals surface area contributed by atoms with E-state index in [1.807, 2.05) is 21.0 Å². The molecular weight excluding hydrogens is 166 g/mol. The first-order valence-corrected chi connectivity index (χ1v) is 4.03. The molecular formula is C10H13NO2. The Morgan fingerprint density at radius 2 is 2.00 bits per heavy atom. The van der Waals surface area contributed by atoms with Crippen LogP contribution in [0.2, 0.25) is 0 Å². The molecule has 0 saturated carbocycles. The lowest BCUT2D eigenvalue weighted by Crippen LogP contribution is -2.11. The molecule has 70 valence electrons. The standard InChI is InChI=1S/C10H13NO2/c1-7-8(6-12)4-5-9(13)10(7)11(2)3/h4-6,13H,1-3H3. The smallest absolute Gasteiger partial charge is 0.150 e. The van der Waals surface area contributed by atoms with Gasteiger partial charge in [-0.1, -0.05) is 0 Å². The number of hydrogen-bond acceptors (Lipinski definition) is 3. The number of rotatable bonds is 2. The average molecular weight is 179 g/mol. The van der Waals surface area contributed by atoms with Crippen molar-refractivity contribution >= 4 is 12.0 Å². The van der Waals surface area contributed by atoms with E-state index >= 15 is 0 Å². The third-order valence-corrected chi connectivity index (χ3v) is 2.03. The van der Waals surface area contributed by atoms with Gasteiger partial charge in [-0.3, -0.25) is 4.79 Å². The molecule has 0 spiro atoms. The third-order valence-electron chi connectivity index (χ3n) is 2.03. The van der Waals surface area contributed by atoms with E-state index in [0.717, 1.165) is 11.8 Å². The van der Waals surface area contributed by atoms with E-state index in [0.29, 0.717) is 11.3 Å². The third kappa shape index (κ3) is 1.64. The Kier molecular flexibility index (Phi) is 2.56. The summed E-state index contributed by atoms with van der Waals surface area (Å²) in [4.78, 5) is 12.4. The van der Waals surface area contributed by atoms with Gasteiger partial charge < -0.3 is 10.0 Å². The summed E-state index contributed by atoms with van der Waals surface area (Å²) in [5, 5.41) is 9.52. The maximum atomic E-state index is 10.6. The second-order valence-electron chi connectivity index (χ2n) is 3.16. The molecule has 0 amide bonds.